The second-order valence-corrected chi connectivity index (χ2v) is 8.20. The van der Waals surface area contributed by atoms with Crippen molar-refractivity contribution >= 4 is 17.5 Å². The summed E-state index contributed by atoms with van der Waals surface area (Å²) in [6.45, 7) is 4.66. The first-order valence-electron chi connectivity index (χ1n) is 11.7. The predicted molar refractivity (Wildman–Crippen MR) is 136 cm³/mol. The zero-order valence-corrected chi connectivity index (χ0v) is 20.0. The summed E-state index contributed by atoms with van der Waals surface area (Å²) in [5.74, 6) is 1.51. The number of amides is 1. The van der Waals surface area contributed by atoms with Gasteiger partial charge in [-0.1, -0.05) is 36.4 Å². The topological polar surface area (TPSA) is 103 Å². The highest BCUT2D eigenvalue weighted by atomic mass is 16.5. The summed E-state index contributed by atoms with van der Waals surface area (Å²) < 4.78 is 13.7. The normalized spacial score (nSPS) is 14.6. The van der Waals surface area contributed by atoms with E-state index in [4.69, 9.17) is 9.47 Å². The van der Waals surface area contributed by atoms with Gasteiger partial charge in [0.1, 0.15) is 19.0 Å². The second kappa shape index (κ2) is 10.3. The summed E-state index contributed by atoms with van der Waals surface area (Å²) in [7, 11) is 0. The first-order chi connectivity index (χ1) is 17.6. The Morgan fingerprint density at radius 1 is 1.08 bits per heavy atom. The molecule has 0 saturated carbocycles. The van der Waals surface area contributed by atoms with E-state index in [-0.39, 0.29) is 5.91 Å². The summed E-state index contributed by atoms with van der Waals surface area (Å²) in [4.78, 5) is 21.9. The van der Waals surface area contributed by atoms with Crippen LogP contribution in [0.5, 0.6) is 11.5 Å². The number of allylic oxidation sites excluding steroid dienone is 1. The van der Waals surface area contributed by atoms with Crippen LogP contribution in [0.3, 0.4) is 0 Å². The number of carbonyl (C=O) groups excluding carboxylic acids is 1. The molecule has 2 aromatic heterocycles. The molecule has 1 aliphatic heterocycles. The van der Waals surface area contributed by atoms with E-state index in [0.717, 1.165) is 11.1 Å². The zero-order chi connectivity index (χ0) is 24.9. The molecule has 36 heavy (non-hydrogen) atoms. The summed E-state index contributed by atoms with van der Waals surface area (Å²) in [5, 5.41) is 10.5. The van der Waals surface area contributed by atoms with Crippen molar-refractivity contribution in [1.82, 2.24) is 19.7 Å². The molecule has 4 aromatic rings. The molecule has 0 saturated heterocycles. The van der Waals surface area contributed by atoms with E-state index >= 15 is 0 Å². The largest absolute Gasteiger partial charge is 0.490 e. The average Bonchev–Trinajstić information content (AvgIpc) is 3.36. The molecule has 1 amide bonds. The number of anilines is 2. The Kier molecular flexibility index (Phi) is 6.61. The number of benzene rings is 2. The molecule has 2 N–H and O–H groups in total. The highest BCUT2D eigenvalue weighted by molar-refractivity contribution is 6.05. The maximum absolute atomic E-state index is 13.5. The van der Waals surface area contributed by atoms with Crippen LogP contribution in [0.25, 0.3) is 0 Å². The van der Waals surface area contributed by atoms with Crippen molar-refractivity contribution < 1.29 is 14.3 Å². The van der Waals surface area contributed by atoms with Gasteiger partial charge in [0, 0.05) is 11.9 Å². The Labute approximate surface area is 208 Å². The van der Waals surface area contributed by atoms with Crippen molar-refractivity contribution in [3.63, 3.8) is 0 Å². The van der Waals surface area contributed by atoms with Gasteiger partial charge in [0.25, 0.3) is 5.91 Å². The van der Waals surface area contributed by atoms with Crippen LogP contribution in [-0.2, 0) is 11.4 Å². The van der Waals surface area contributed by atoms with Crippen molar-refractivity contribution in [2.24, 2.45) is 0 Å². The van der Waals surface area contributed by atoms with Gasteiger partial charge in [-0.3, -0.25) is 9.78 Å². The van der Waals surface area contributed by atoms with E-state index in [1.54, 1.807) is 29.2 Å². The molecule has 0 fully saturated rings. The minimum Gasteiger partial charge on any atom is -0.490 e. The second-order valence-electron chi connectivity index (χ2n) is 8.20. The standard InChI is InChI=1S/C27H26N6O3/c1-3-35-23-14-20(11-12-22(23)36-16-19-8-5-4-6-9-19)25-24(18(2)31-27-29-17-30-33(25)27)26(34)32-21-10-7-13-28-15-21/h4-15,17,25H,3,16H2,1-2H3,(H,32,34)(H,29,30,31). The Morgan fingerprint density at radius 2 is 1.94 bits per heavy atom. The number of ether oxygens (including phenoxy) is 2. The lowest BCUT2D eigenvalue weighted by atomic mass is 9.94. The van der Waals surface area contributed by atoms with Gasteiger partial charge in [-0.25, -0.2) is 4.68 Å². The van der Waals surface area contributed by atoms with Crippen LogP contribution in [0, 0.1) is 0 Å². The average molecular weight is 483 g/mol. The number of pyridine rings is 1. The number of rotatable bonds is 8. The predicted octanol–water partition coefficient (Wildman–Crippen LogP) is 4.58. The Balaban J connectivity index is 1.50. The molecule has 9 heteroatoms. The summed E-state index contributed by atoms with van der Waals surface area (Å²) in [6.07, 6.45) is 4.72. The number of nitrogens with zero attached hydrogens (tertiary/aromatic N) is 4. The fraction of sp³-hybridized carbons (Fsp3) is 0.185. The van der Waals surface area contributed by atoms with Crippen molar-refractivity contribution in [3.05, 3.63) is 102 Å². The van der Waals surface area contributed by atoms with Gasteiger partial charge in [-0.2, -0.15) is 10.1 Å². The van der Waals surface area contributed by atoms with Gasteiger partial charge < -0.3 is 20.1 Å². The van der Waals surface area contributed by atoms with Crippen LogP contribution < -0.4 is 20.1 Å². The third-order valence-electron chi connectivity index (χ3n) is 5.78. The van der Waals surface area contributed by atoms with Gasteiger partial charge in [0.05, 0.1) is 24.1 Å². The van der Waals surface area contributed by atoms with Crippen LogP contribution in [0.15, 0.2) is 90.7 Å². The molecule has 0 aliphatic carbocycles. The quantitative estimate of drug-likeness (QED) is 0.379. The Morgan fingerprint density at radius 3 is 2.72 bits per heavy atom. The SMILES string of the molecule is CCOc1cc(C2C(C(=O)Nc3cccnc3)=C(C)Nc3ncnn32)ccc1OCc1ccccc1. The fourth-order valence-electron chi connectivity index (χ4n) is 4.15. The lowest BCUT2D eigenvalue weighted by Crippen LogP contribution is -2.31. The molecule has 3 heterocycles. The molecular weight excluding hydrogens is 456 g/mol. The molecule has 1 unspecified atom stereocenters. The van der Waals surface area contributed by atoms with Crippen molar-refractivity contribution in [2.45, 2.75) is 26.5 Å². The number of hydrogen-bond acceptors (Lipinski definition) is 7. The first kappa shape index (κ1) is 23.1. The summed E-state index contributed by atoms with van der Waals surface area (Å²) in [6, 6.07) is 18.7. The van der Waals surface area contributed by atoms with E-state index in [9.17, 15) is 4.79 Å². The highest BCUT2D eigenvalue weighted by Gasteiger charge is 2.34. The van der Waals surface area contributed by atoms with Gasteiger partial charge >= 0.3 is 0 Å². The number of carbonyl (C=O) groups is 1. The number of aromatic nitrogens is 4. The lowest BCUT2D eigenvalue weighted by Gasteiger charge is -2.29. The van der Waals surface area contributed by atoms with Gasteiger partial charge in [0.15, 0.2) is 11.5 Å². The van der Waals surface area contributed by atoms with Gasteiger partial charge in [-0.05, 0) is 49.2 Å². The Hall–Kier alpha value is -4.66. The van der Waals surface area contributed by atoms with Crippen LogP contribution in [0.4, 0.5) is 11.6 Å². The molecule has 0 radical (unpaired) electrons. The number of hydrogen-bond donors (Lipinski definition) is 2. The highest BCUT2D eigenvalue weighted by Crippen LogP contribution is 2.39. The van der Waals surface area contributed by atoms with E-state index < -0.39 is 6.04 Å². The molecule has 0 bridgehead atoms. The molecule has 9 nitrogen and oxygen atoms in total. The number of fused-ring (bicyclic) bond motifs is 1. The summed E-state index contributed by atoms with van der Waals surface area (Å²) in [5.41, 5.74) is 3.67. The molecule has 0 spiro atoms. The molecule has 5 rings (SSSR count). The molecular formula is C27H26N6O3. The van der Waals surface area contributed by atoms with Gasteiger partial charge in [0.2, 0.25) is 5.95 Å². The van der Waals surface area contributed by atoms with E-state index in [0.29, 0.717) is 47.6 Å². The van der Waals surface area contributed by atoms with Crippen molar-refractivity contribution in [2.75, 3.05) is 17.2 Å². The minimum absolute atomic E-state index is 0.262. The fourth-order valence-corrected chi connectivity index (χ4v) is 4.15. The Bertz CT molecular complexity index is 1390. The van der Waals surface area contributed by atoms with Crippen LogP contribution in [-0.4, -0.2) is 32.3 Å². The molecule has 182 valence electrons. The van der Waals surface area contributed by atoms with Gasteiger partial charge in [-0.15, -0.1) is 0 Å². The minimum atomic E-state index is -0.525. The van der Waals surface area contributed by atoms with Crippen molar-refractivity contribution in [1.29, 1.82) is 0 Å². The third kappa shape index (κ3) is 4.76. The monoisotopic (exact) mass is 482 g/mol. The van der Waals surface area contributed by atoms with E-state index in [2.05, 4.69) is 25.7 Å². The lowest BCUT2D eigenvalue weighted by molar-refractivity contribution is -0.113. The smallest absolute Gasteiger partial charge is 0.255 e. The maximum atomic E-state index is 13.5. The molecule has 1 aliphatic rings. The van der Waals surface area contributed by atoms with E-state index in [1.807, 2.05) is 62.4 Å². The van der Waals surface area contributed by atoms with Crippen LogP contribution >= 0.6 is 0 Å². The van der Waals surface area contributed by atoms with Crippen molar-refractivity contribution in [3.8, 4) is 11.5 Å². The van der Waals surface area contributed by atoms with E-state index in [1.165, 1.54) is 6.33 Å². The maximum Gasteiger partial charge on any atom is 0.255 e. The number of nitrogens with one attached hydrogen (secondary N) is 2. The van der Waals surface area contributed by atoms with Crippen LogP contribution in [0.1, 0.15) is 31.0 Å². The molecule has 2 aromatic carbocycles. The third-order valence-corrected chi connectivity index (χ3v) is 5.78. The summed E-state index contributed by atoms with van der Waals surface area (Å²) >= 11 is 0. The first-order valence-corrected chi connectivity index (χ1v) is 11.7. The zero-order valence-electron chi connectivity index (χ0n) is 20.0. The van der Waals surface area contributed by atoms with Crippen LogP contribution in [0.2, 0.25) is 0 Å². The molecule has 1 atom stereocenters.